The number of phosphoric ester groups is 1. The summed E-state index contributed by atoms with van der Waals surface area (Å²) >= 11 is 0. The predicted molar refractivity (Wildman–Crippen MR) is 87.1 cm³/mol. The maximum Gasteiger partial charge on any atom is 0.490 e. The molecular formula is C9H13F2N2O15P3. The zero-order valence-corrected chi connectivity index (χ0v) is 16.9. The molecule has 2 unspecified atom stereocenters. The van der Waals surface area contributed by atoms with E-state index in [1.165, 1.54) is 4.98 Å². The van der Waals surface area contributed by atoms with Crippen molar-refractivity contribution in [2.24, 2.45) is 0 Å². The topological polar surface area (TPSA) is 264 Å². The number of hydrogen-bond acceptors (Lipinski definition) is 11. The highest BCUT2D eigenvalue weighted by atomic mass is 31.3. The van der Waals surface area contributed by atoms with Crippen molar-refractivity contribution in [2.75, 3.05) is 6.56 Å². The monoisotopic (exact) mass is 522 g/mol. The molecule has 7 N–H and O–H groups in total. The number of nitrogens with zero attached hydrogens (tertiary/aromatic N) is 1. The molecule has 31 heavy (non-hydrogen) atoms. The van der Waals surface area contributed by atoms with Crippen LogP contribution in [0.5, 0.6) is 0 Å². The van der Waals surface area contributed by atoms with Crippen LogP contribution in [0.3, 0.4) is 0 Å². The molecule has 0 amide bonds. The van der Waals surface area contributed by atoms with Crippen molar-refractivity contribution < 1.29 is 72.9 Å². The van der Waals surface area contributed by atoms with Crippen molar-refractivity contribution >= 4 is 23.5 Å². The molecule has 178 valence electrons. The Kier molecular flexibility index (Phi) is 6.41. The van der Waals surface area contributed by atoms with Crippen LogP contribution >= 0.6 is 23.5 Å². The van der Waals surface area contributed by atoms with Crippen LogP contribution in [0.1, 0.15) is 8.97 Å². The summed E-state index contributed by atoms with van der Waals surface area (Å²) in [6.07, 6.45) is -8.06. The van der Waals surface area contributed by atoms with E-state index in [-0.39, 0.29) is 10.8 Å². The lowest BCUT2D eigenvalue weighted by atomic mass is 10.1. The molecule has 6 atom stereocenters. The summed E-state index contributed by atoms with van der Waals surface area (Å²) in [5, 5.41) is 19.8. The van der Waals surface area contributed by atoms with Crippen LogP contribution in [-0.4, -0.2) is 64.0 Å². The van der Waals surface area contributed by atoms with Gasteiger partial charge in [-0.2, -0.15) is 13.0 Å². The Hall–Kier alpha value is -1.17. The van der Waals surface area contributed by atoms with Gasteiger partial charge in [-0.1, -0.05) is 0 Å². The molecule has 2 heterocycles. The number of ether oxygens (including phenoxy) is 1. The average Bonchev–Trinajstić information content (AvgIpc) is 2.79. The minimum atomic E-state index is -6.32. The Bertz CT molecular complexity index is 1190. The third kappa shape index (κ3) is 6.43. The minimum absolute atomic E-state index is 0.0210. The van der Waals surface area contributed by atoms with Gasteiger partial charge in [-0.15, -0.1) is 0 Å². The summed E-state index contributed by atoms with van der Waals surface area (Å²) in [7, 11) is -18.3. The number of nitrogens with one attached hydrogen (secondary N) is 1. The highest BCUT2D eigenvalue weighted by molar-refractivity contribution is 7.66. The van der Waals surface area contributed by atoms with Gasteiger partial charge in [0.2, 0.25) is 5.82 Å². The molecule has 0 radical (unpaired) electrons. The van der Waals surface area contributed by atoms with E-state index in [4.69, 9.17) is 17.4 Å². The molecule has 0 aromatic carbocycles. The molecule has 1 aromatic rings. The quantitative estimate of drug-likeness (QED) is 0.181. The number of phosphoric acid groups is 3. The minimum Gasteiger partial charge on any atom is -0.385 e. The summed E-state index contributed by atoms with van der Waals surface area (Å²) < 4.78 is 91.9. The number of H-pyrrole nitrogens is 1. The molecule has 17 nitrogen and oxygen atoms in total. The number of aliphatic hydroxyl groups excluding tert-OH is 2. The van der Waals surface area contributed by atoms with Gasteiger partial charge >= 0.3 is 29.2 Å². The zero-order valence-electron chi connectivity index (χ0n) is 16.2. The largest absolute Gasteiger partial charge is 0.490 e. The Morgan fingerprint density at radius 2 is 1.77 bits per heavy atom. The predicted octanol–water partition coefficient (Wildman–Crippen LogP) is -2.06. The molecular weight excluding hydrogens is 507 g/mol. The summed E-state index contributed by atoms with van der Waals surface area (Å²) in [6.45, 7) is -4.40. The fourth-order valence-corrected chi connectivity index (χ4v) is 4.94. The number of halogens is 2. The second kappa shape index (κ2) is 8.64. The van der Waals surface area contributed by atoms with Crippen LogP contribution < -0.4 is 11.2 Å². The third-order valence-corrected chi connectivity index (χ3v) is 6.85. The molecule has 0 spiro atoms. The number of alkyl halides is 1. The highest BCUT2D eigenvalue weighted by Gasteiger charge is 2.57. The van der Waals surface area contributed by atoms with Gasteiger partial charge in [0.1, 0.15) is 18.8 Å². The van der Waals surface area contributed by atoms with Gasteiger partial charge in [0, 0.05) is 0 Å². The maximum absolute atomic E-state index is 15.2. The lowest BCUT2D eigenvalue weighted by molar-refractivity contribution is -0.205. The molecule has 1 aromatic heterocycles. The van der Waals surface area contributed by atoms with Crippen LogP contribution in [0.4, 0.5) is 8.78 Å². The maximum atomic E-state index is 15.2. The third-order valence-electron chi connectivity index (χ3n) is 3.20. The SMILES string of the molecule is [2H]C([2H])(OP(=O)(O)OP(=O)(O)OP(=O)(O)O)[C@@]1(F)O[C@@H](n2cc(F)c(=O)[nH]c2=O)[C@H](O)[C@@H]1O. The van der Waals surface area contributed by atoms with Gasteiger partial charge in [0.05, 0.1) is 8.94 Å². The van der Waals surface area contributed by atoms with Crippen LogP contribution in [0.2, 0.25) is 0 Å². The summed E-state index contributed by atoms with van der Waals surface area (Å²) in [5.74, 6) is -6.05. The first-order valence-electron chi connectivity index (χ1n) is 8.19. The number of aromatic amines is 1. The average molecular weight is 522 g/mol. The number of aliphatic hydroxyl groups is 2. The van der Waals surface area contributed by atoms with Crippen molar-refractivity contribution in [1.29, 1.82) is 0 Å². The van der Waals surface area contributed by atoms with Crippen molar-refractivity contribution in [3.8, 4) is 0 Å². The molecule has 1 fully saturated rings. The van der Waals surface area contributed by atoms with Crippen LogP contribution in [0.15, 0.2) is 15.8 Å². The number of rotatable bonds is 8. The standard InChI is InChI=1S/C9H13F2N2O15P3/c10-3-1-13(8(17)12-6(3)16)7-4(14)5(15)9(11,26-7)2-25-30(21,22)28-31(23,24)27-29(18,19)20/h1,4-5,7,14-15H,2H2,(H,21,22)(H,23,24)(H,12,16,17)(H2,18,19,20)/t4-,5+,7-,9-/m1/s1/i2D2. The number of hydrogen-bond donors (Lipinski definition) is 7. The fourth-order valence-electron chi connectivity index (χ4n) is 2.06. The van der Waals surface area contributed by atoms with Crippen molar-refractivity contribution in [1.82, 2.24) is 9.55 Å². The molecule has 2 rings (SSSR count). The molecule has 1 saturated heterocycles. The second-order valence-corrected chi connectivity index (χ2v) is 9.86. The van der Waals surface area contributed by atoms with Crippen molar-refractivity contribution in [2.45, 2.75) is 24.3 Å². The highest BCUT2D eigenvalue weighted by Crippen LogP contribution is 2.66. The zero-order chi connectivity index (χ0) is 25.8. The summed E-state index contributed by atoms with van der Waals surface area (Å²) in [5.41, 5.74) is -3.07. The lowest BCUT2D eigenvalue weighted by Gasteiger charge is -2.24. The van der Waals surface area contributed by atoms with Crippen LogP contribution in [0, 0.1) is 5.82 Å². The Labute approximate surface area is 170 Å². The van der Waals surface area contributed by atoms with E-state index in [0.29, 0.717) is 0 Å². The lowest BCUT2D eigenvalue weighted by Crippen LogP contribution is -2.43. The van der Waals surface area contributed by atoms with E-state index in [1.807, 2.05) is 0 Å². The molecule has 0 saturated carbocycles. The normalized spacial score (nSPS) is 32.1. The van der Waals surface area contributed by atoms with E-state index < -0.39 is 71.4 Å². The van der Waals surface area contributed by atoms with Crippen molar-refractivity contribution in [3.63, 3.8) is 0 Å². The smallest absolute Gasteiger partial charge is 0.385 e. The Morgan fingerprint density at radius 1 is 1.19 bits per heavy atom. The van der Waals surface area contributed by atoms with E-state index in [1.54, 1.807) is 0 Å². The van der Waals surface area contributed by atoms with Gasteiger partial charge in [-0.3, -0.25) is 18.9 Å². The molecule has 1 aliphatic heterocycles. The van der Waals surface area contributed by atoms with Crippen LogP contribution in [-0.2, 0) is 31.6 Å². The summed E-state index contributed by atoms with van der Waals surface area (Å²) in [4.78, 5) is 59.5. The first kappa shape index (κ1) is 23.0. The molecule has 1 aliphatic rings. The molecule has 22 heteroatoms. The Morgan fingerprint density at radius 3 is 2.32 bits per heavy atom. The van der Waals surface area contributed by atoms with Crippen LogP contribution in [0.25, 0.3) is 0 Å². The number of aromatic nitrogens is 2. The van der Waals surface area contributed by atoms with E-state index in [0.717, 1.165) is 0 Å². The van der Waals surface area contributed by atoms with Gasteiger partial charge in [-0.25, -0.2) is 22.9 Å². The van der Waals surface area contributed by atoms with Gasteiger partial charge in [-0.05, 0) is 0 Å². The summed E-state index contributed by atoms with van der Waals surface area (Å²) in [6, 6.07) is 0. The van der Waals surface area contributed by atoms with E-state index in [9.17, 15) is 42.8 Å². The first-order chi connectivity index (χ1) is 14.6. The van der Waals surface area contributed by atoms with Gasteiger partial charge < -0.3 is 34.5 Å². The first-order valence-corrected chi connectivity index (χ1v) is 11.7. The van der Waals surface area contributed by atoms with E-state index >= 15 is 4.39 Å². The van der Waals surface area contributed by atoms with Gasteiger partial charge in [0.15, 0.2) is 6.23 Å². The second-order valence-electron chi connectivity index (χ2n) is 5.52. The molecule has 0 aliphatic carbocycles. The fraction of sp³-hybridized carbons (Fsp3) is 0.556. The van der Waals surface area contributed by atoms with Crippen molar-refractivity contribution in [3.05, 3.63) is 32.9 Å². The molecule has 0 bridgehead atoms. The van der Waals surface area contributed by atoms with E-state index in [2.05, 4.69) is 17.9 Å². The Balaban J connectivity index is 2.36. The van der Waals surface area contributed by atoms with Gasteiger partial charge in [0.25, 0.3) is 11.4 Å².